The van der Waals surface area contributed by atoms with E-state index in [9.17, 15) is 14.4 Å². The fraction of sp³-hybridized carbons (Fsp3) is 0.346. The third-order valence-corrected chi connectivity index (χ3v) is 6.83. The van der Waals surface area contributed by atoms with Gasteiger partial charge in [-0.1, -0.05) is 43.0 Å². The van der Waals surface area contributed by atoms with Crippen molar-refractivity contribution in [2.24, 2.45) is 0 Å². The zero-order valence-electron chi connectivity index (χ0n) is 18.8. The van der Waals surface area contributed by atoms with E-state index >= 15 is 0 Å². The minimum atomic E-state index is -1.16. The molecule has 3 aromatic rings. The van der Waals surface area contributed by atoms with Gasteiger partial charge in [0.25, 0.3) is 0 Å². The monoisotopic (exact) mass is 510 g/mol. The number of anilines is 1. The summed E-state index contributed by atoms with van der Waals surface area (Å²) in [6.07, 6.45) is 6.34. The Kier molecular flexibility index (Phi) is 6.98. The van der Waals surface area contributed by atoms with Crippen molar-refractivity contribution in [2.45, 2.75) is 58.0 Å². The highest BCUT2D eigenvalue weighted by molar-refractivity contribution is 9.10. The number of aryl methyl sites for hydroxylation is 1. The van der Waals surface area contributed by atoms with Crippen molar-refractivity contribution in [2.75, 3.05) is 4.90 Å². The standard InChI is InChI=1S/C26H27BrN2O4/c1-16-12-13-23-19(14-16)25(31)20(15-33-23)24(26(32)28-18-8-4-3-5-9-18)29(17(2)30)22-11-7-6-10-21(22)27/h6-7,10-15,18,24H,3-5,8-9H2,1-2H3,(H,28,32). The van der Waals surface area contributed by atoms with E-state index in [1.54, 1.807) is 30.3 Å². The Morgan fingerprint density at radius 1 is 1.12 bits per heavy atom. The maximum absolute atomic E-state index is 13.7. The molecule has 1 aliphatic rings. The van der Waals surface area contributed by atoms with Crippen LogP contribution in [-0.2, 0) is 9.59 Å². The molecule has 1 aromatic heterocycles. The van der Waals surface area contributed by atoms with E-state index in [2.05, 4.69) is 21.2 Å². The van der Waals surface area contributed by atoms with Gasteiger partial charge >= 0.3 is 0 Å². The lowest BCUT2D eigenvalue weighted by molar-refractivity contribution is -0.126. The zero-order chi connectivity index (χ0) is 23.5. The van der Waals surface area contributed by atoms with Crippen molar-refractivity contribution < 1.29 is 14.0 Å². The van der Waals surface area contributed by atoms with Gasteiger partial charge in [0, 0.05) is 17.4 Å². The molecule has 1 aliphatic carbocycles. The Balaban J connectivity index is 1.87. The maximum Gasteiger partial charge on any atom is 0.248 e. The van der Waals surface area contributed by atoms with E-state index in [0.29, 0.717) is 21.1 Å². The van der Waals surface area contributed by atoms with Gasteiger partial charge < -0.3 is 9.73 Å². The van der Waals surface area contributed by atoms with E-state index in [1.165, 1.54) is 18.1 Å². The summed E-state index contributed by atoms with van der Waals surface area (Å²) in [4.78, 5) is 41.6. The summed E-state index contributed by atoms with van der Waals surface area (Å²) >= 11 is 3.49. The quantitative estimate of drug-likeness (QED) is 0.497. The molecule has 7 heteroatoms. The predicted octanol–water partition coefficient (Wildman–Crippen LogP) is 5.41. The number of para-hydroxylation sites is 1. The number of rotatable bonds is 5. The highest BCUT2D eigenvalue weighted by Crippen LogP contribution is 2.33. The first-order valence-corrected chi connectivity index (χ1v) is 12.0. The first-order chi connectivity index (χ1) is 15.9. The molecule has 6 nitrogen and oxygen atoms in total. The van der Waals surface area contributed by atoms with Crippen molar-refractivity contribution in [3.63, 3.8) is 0 Å². The number of amides is 2. The van der Waals surface area contributed by atoms with Gasteiger partial charge in [-0.05, 0) is 60.0 Å². The molecule has 0 saturated heterocycles. The molecule has 1 fully saturated rings. The Morgan fingerprint density at radius 3 is 2.55 bits per heavy atom. The number of hydrogen-bond donors (Lipinski definition) is 1. The Bertz CT molecular complexity index is 1250. The molecule has 1 atom stereocenters. The molecule has 0 aliphatic heterocycles. The first kappa shape index (κ1) is 23.2. The summed E-state index contributed by atoms with van der Waals surface area (Å²) < 4.78 is 6.42. The van der Waals surface area contributed by atoms with E-state index in [4.69, 9.17) is 4.42 Å². The SMILES string of the molecule is CC(=O)N(c1ccccc1Br)C(C(=O)NC1CCCCC1)c1coc2ccc(C)cc2c1=O. The normalized spacial score (nSPS) is 15.2. The van der Waals surface area contributed by atoms with Crippen molar-refractivity contribution in [1.29, 1.82) is 0 Å². The number of carbonyl (C=O) groups excluding carboxylic acids is 2. The lowest BCUT2D eigenvalue weighted by atomic mass is 9.94. The molecule has 33 heavy (non-hydrogen) atoms. The summed E-state index contributed by atoms with van der Waals surface area (Å²) in [5, 5.41) is 3.49. The van der Waals surface area contributed by atoms with Crippen LogP contribution in [-0.4, -0.2) is 17.9 Å². The van der Waals surface area contributed by atoms with Crippen LogP contribution in [0.25, 0.3) is 11.0 Å². The molecule has 1 unspecified atom stereocenters. The van der Waals surface area contributed by atoms with Crippen LogP contribution in [0.3, 0.4) is 0 Å². The fourth-order valence-corrected chi connectivity index (χ4v) is 4.99. The van der Waals surface area contributed by atoms with E-state index in [0.717, 1.165) is 37.7 Å². The van der Waals surface area contributed by atoms with Crippen molar-refractivity contribution in [3.05, 3.63) is 74.6 Å². The highest BCUT2D eigenvalue weighted by atomic mass is 79.9. The maximum atomic E-state index is 13.7. The van der Waals surface area contributed by atoms with Crippen LogP contribution in [0.4, 0.5) is 5.69 Å². The number of carbonyl (C=O) groups is 2. The lowest BCUT2D eigenvalue weighted by Crippen LogP contribution is -2.48. The molecule has 0 spiro atoms. The smallest absolute Gasteiger partial charge is 0.248 e. The molecule has 0 bridgehead atoms. The lowest BCUT2D eigenvalue weighted by Gasteiger charge is -2.32. The summed E-state index contributed by atoms with van der Waals surface area (Å²) in [6, 6.07) is 11.4. The number of hydrogen-bond acceptors (Lipinski definition) is 4. The van der Waals surface area contributed by atoms with Gasteiger partial charge in [-0.25, -0.2) is 0 Å². The summed E-state index contributed by atoms with van der Waals surface area (Å²) in [7, 11) is 0. The Morgan fingerprint density at radius 2 is 1.85 bits per heavy atom. The van der Waals surface area contributed by atoms with E-state index in [-0.39, 0.29) is 28.8 Å². The summed E-state index contributed by atoms with van der Waals surface area (Å²) in [6.45, 7) is 3.29. The molecular weight excluding hydrogens is 484 g/mol. The number of halogens is 1. The molecular formula is C26H27BrN2O4. The molecule has 0 radical (unpaired) electrons. The number of nitrogens with one attached hydrogen (secondary N) is 1. The second-order valence-corrected chi connectivity index (χ2v) is 9.46. The average molecular weight is 511 g/mol. The third-order valence-electron chi connectivity index (χ3n) is 6.16. The first-order valence-electron chi connectivity index (χ1n) is 11.2. The second-order valence-electron chi connectivity index (χ2n) is 8.61. The van der Waals surface area contributed by atoms with Crippen LogP contribution in [0.2, 0.25) is 0 Å². The molecule has 2 amide bonds. The van der Waals surface area contributed by atoms with Crippen molar-refractivity contribution in [3.8, 4) is 0 Å². The molecule has 1 heterocycles. The molecule has 4 rings (SSSR count). The second kappa shape index (κ2) is 9.91. The minimum Gasteiger partial charge on any atom is -0.464 e. The van der Waals surface area contributed by atoms with Crippen LogP contribution in [0.1, 0.15) is 56.2 Å². The Labute approximate surface area is 201 Å². The summed E-state index contributed by atoms with van der Waals surface area (Å²) in [5.74, 6) is -0.735. The van der Waals surface area contributed by atoms with Gasteiger partial charge in [0.05, 0.1) is 16.6 Å². The van der Waals surface area contributed by atoms with E-state index in [1.807, 2.05) is 19.1 Å². The minimum absolute atomic E-state index is 0.0245. The van der Waals surface area contributed by atoms with Gasteiger partial charge in [-0.2, -0.15) is 0 Å². The van der Waals surface area contributed by atoms with E-state index < -0.39 is 6.04 Å². The number of fused-ring (bicyclic) bond motifs is 1. The van der Waals surface area contributed by atoms with Crippen molar-refractivity contribution >= 4 is 44.4 Å². The van der Waals surface area contributed by atoms with Crippen LogP contribution < -0.4 is 15.6 Å². The Hall–Kier alpha value is -2.93. The molecule has 1 N–H and O–H groups in total. The topological polar surface area (TPSA) is 79.6 Å². The van der Waals surface area contributed by atoms with Crippen LogP contribution in [0.5, 0.6) is 0 Å². The molecule has 2 aromatic carbocycles. The number of benzene rings is 2. The van der Waals surface area contributed by atoms with Gasteiger partial charge in [0.1, 0.15) is 17.9 Å². The zero-order valence-corrected chi connectivity index (χ0v) is 20.4. The predicted molar refractivity (Wildman–Crippen MR) is 132 cm³/mol. The molecule has 172 valence electrons. The van der Waals surface area contributed by atoms with Crippen LogP contribution in [0.15, 0.2) is 62.4 Å². The average Bonchev–Trinajstić information content (AvgIpc) is 2.80. The van der Waals surface area contributed by atoms with Gasteiger partial charge in [-0.15, -0.1) is 0 Å². The van der Waals surface area contributed by atoms with Gasteiger partial charge in [-0.3, -0.25) is 19.3 Å². The fourth-order valence-electron chi connectivity index (χ4n) is 4.51. The van der Waals surface area contributed by atoms with Gasteiger partial charge in [0.15, 0.2) is 5.43 Å². The van der Waals surface area contributed by atoms with Gasteiger partial charge in [0.2, 0.25) is 11.8 Å². The van der Waals surface area contributed by atoms with Crippen molar-refractivity contribution in [1.82, 2.24) is 5.32 Å². The third kappa shape index (κ3) is 4.88. The largest absolute Gasteiger partial charge is 0.464 e. The highest BCUT2D eigenvalue weighted by Gasteiger charge is 2.36. The van der Waals surface area contributed by atoms with Crippen LogP contribution >= 0.6 is 15.9 Å². The summed E-state index contributed by atoms with van der Waals surface area (Å²) in [5.41, 5.74) is 1.67. The number of nitrogens with zero attached hydrogens (tertiary/aromatic N) is 1. The molecule has 1 saturated carbocycles. The van der Waals surface area contributed by atoms with Crippen LogP contribution in [0, 0.1) is 6.92 Å².